The number of ether oxygens (including phenoxy) is 2. The molecule has 3 aromatic rings. The summed E-state index contributed by atoms with van der Waals surface area (Å²) >= 11 is 0. The summed E-state index contributed by atoms with van der Waals surface area (Å²) in [5, 5.41) is 0.508. The smallest absolute Gasteiger partial charge is 0.290 e. The minimum atomic E-state index is -0.535. The van der Waals surface area contributed by atoms with E-state index >= 15 is 0 Å². The molecule has 4 rings (SSSR count). The molecule has 0 spiro atoms. The molecular weight excluding hydrogens is 418 g/mol. The summed E-state index contributed by atoms with van der Waals surface area (Å²) in [6.07, 6.45) is 2.75. The summed E-state index contributed by atoms with van der Waals surface area (Å²) in [5.41, 5.74) is 3.34. The SMILES string of the molecule is CCCCOc1ccc(C2c3c(oc4c(C)cc(C)cc4c3=O)C(=O)N2CCC)cc1OC. The van der Waals surface area contributed by atoms with Gasteiger partial charge in [0.1, 0.15) is 5.58 Å². The lowest BCUT2D eigenvalue weighted by Crippen LogP contribution is -2.30. The number of nitrogens with zero attached hydrogens (tertiary/aromatic N) is 1. The van der Waals surface area contributed by atoms with Crippen molar-refractivity contribution in [3.8, 4) is 11.5 Å². The number of hydrogen-bond acceptors (Lipinski definition) is 5. The second-order valence-corrected chi connectivity index (χ2v) is 8.65. The minimum Gasteiger partial charge on any atom is -0.493 e. The molecule has 0 radical (unpaired) electrons. The van der Waals surface area contributed by atoms with Gasteiger partial charge in [0.25, 0.3) is 5.91 Å². The van der Waals surface area contributed by atoms with Gasteiger partial charge in [-0.2, -0.15) is 0 Å². The number of hydrogen-bond donors (Lipinski definition) is 0. The third-order valence-electron chi connectivity index (χ3n) is 6.12. The van der Waals surface area contributed by atoms with Gasteiger partial charge in [0, 0.05) is 6.54 Å². The molecule has 1 unspecified atom stereocenters. The highest BCUT2D eigenvalue weighted by Gasteiger charge is 2.42. The van der Waals surface area contributed by atoms with Crippen LogP contribution in [0.5, 0.6) is 11.5 Å². The molecule has 0 fully saturated rings. The van der Waals surface area contributed by atoms with Gasteiger partial charge in [0.15, 0.2) is 16.9 Å². The first-order valence-corrected chi connectivity index (χ1v) is 11.6. The molecule has 2 heterocycles. The van der Waals surface area contributed by atoms with Gasteiger partial charge in [-0.25, -0.2) is 0 Å². The molecule has 0 N–H and O–H groups in total. The van der Waals surface area contributed by atoms with Gasteiger partial charge < -0.3 is 18.8 Å². The number of amides is 1. The molecule has 1 aromatic heterocycles. The number of methoxy groups -OCH3 is 1. The summed E-state index contributed by atoms with van der Waals surface area (Å²) in [5.74, 6) is 1.12. The topological polar surface area (TPSA) is 69.0 Å². The van der Waals surface area contributed by atoms with Crippen LogP contribution in [0.1, 0.15) is 72.0 Å². The average molecular weight is 450 g/mol. The Morgan fingerprint density at radius 2 is 1.82 bits per heavy atom. The van der Waals surface area contributed by atoms with E-state index in [2.05, 4.69) is 6.92 Å². The third kappa shape index (κ3) is 3.99. The predicted octanol–water partition coefficient (Wildman–Crippen LogP) is 5.55. The van der Waals surface area contributed by atoms with Crippen LogP contribution in [0.2, 0.25) is 0 Å². The quantitative estimate of drug-likeness (QED) is 0.422. The van der Waals surface area contributed by atoms with Crippen molar-refractivity contribution >= 4 is 16.9 Å². The number of fused-ring (bicyclic) bond motifs is 2. The zero-order valence-corrected chi connectivity index (χ0v) is 20.0. The lowest BCUT2D eigenvalue weighted by atomic mass is 9.97. The molecular formula is C27H31NO5. The number of carbonyl (C=O) groups excluding carboxylic acids is 1. The van der Waals surface area contributed by atoms with Crippen LogP contribution in [0.25, 0.3) is 11.0 Å². The highest BCUT2D eigenvalue weighted by Crippen LogP contribution is 2.41. The van der Waals surface area contributed by atoms with Gasteiger partial charge in [-0.05, 0) is 61.6 Å². The van der Waals surface area contributed by atoms with Crippen molar-refractivity contribution in [3.05, 3.63) is 68.6 Å². The van der Waals surface area contributed by atoms with Crippen LogP contribution in [0.15, 0.2) is 39.5 Å². The summed E-state index contributed by atoms with van der Waals surface area (Å²) < 4.78 is 17.6. The molecule has 0 aliphatic carbocycles. The van der Waals surface area contributed by atoms with Crippen molar-refractivity contribution in [2.45, 2.75) is 53.0 Å². The standard InChI is InChI=1S/C27H31NO5/c1-6-8-12-32-20-10-9-18(15-21(20)31-5)23-22-24(29)19-14-16(3)13-17(4)25(19)33-26(22)27(30)28(23)11-7-2/h9-10,13-15,23H,6-8,11-12H2,1-5H3. The highest BCUT2D eigenvalue weighted by molar-refractivity contribution is 5.99. The molecule has 6 nitrogen and oxygen atoms in total. The molecule has 33 heavy (non-hydrogen) atoms. The lowest BCUT2D eigenvalue weighted by Gasteiger charge is -2.25. The summed E-state index contributed by atoms with van der Waals surface area (Å²) in [4.78, 5) is 28.8. The fourth-order valence-corrected chi connectivity index (χ4v) is 4.59. The predicted molar refractivity (Wildman–Crippen MR) is 129 cm³/mol. The molecule has 6 heteroatoms. The highest BCUT2D eigenvalue weighted by atomic mass is 16.5. The maximum absolute atomic E-state index is 13.7. The van der Waals surface area contributed by atoms with Gasteiger partial charge in [-0.1, -0.05) is 32.4 Å². The van der Waals surface area contributed by atoms with Crippen LogP contribution >= 0.6 is 0 Å². The van der Waals surface area contributed by atoms with E-state index in [0.717, 1.165) is 36.0 Å². The average Bonchev–Trinajstić information content (AvgIpc) is 3.07. The largest absolute Gasteiger partial charge is 0.493 e. The Bertz CT molecular complexity index is 1260. The van der Waals surface area contributed by atoms with E-state index in [9.17, 15) is 9.59 Å². The Hall–Kier alpha value is -3.28. The number of unbranched alkanes of at least 4 members (excludes halogenated alkanes) is 1. The van der Waals surface area contributed by atoms with Crippen LogP contribution in [-0.2, 0) is 0 Å². The number of rotatable bonds is 8. The van der Waals surface area contributed by atoms with E-state index in [4.69, 9.17) is 13.9 Å². The molecule has 2 aromatic carbocycles. The first-order chi connectivity index (χ1) is 15.9. The van der Waals surface area contributed by atoms with Crippen molar-refractivity contribution in [2.24, 2.45) is 0 Å². The number of aryl methyl sites for hydroxylation is 2. The molecule has 1 atom stereocenters. The number of benzene rings is 2. The zero-order chi connectivity index (χ0) is 23.7. The maximum Gasteiger partial charge on any atom is 0.290 e. The van der Waals surface area contributed by atoms with Crippen molar-refractivity contribution < 1.29 is 18.7 Å². The van der Waals surface area contributed by atoms with Crippen LogP contribution in [0, 0.1) is 13.8 Å². The van der Waals surface area contributed by atoms with Crippen LogP contribution in [0.3, 0.4) is 0 Å². The first-order valence-electron chi connectivity index (χ1n) is 11.6. The molecule has 1 amide bonds. The van der Waals surface area contributed by atoms with E-state index in [-0.39, 0.29) is 17.1 Å². The summed E-state index contributed by atoms with van der Waals surface area (Å²) in [6.45, 7) is 9.09. The first kappa shape index (κ1) is 22.9. The second kappa shape index (κ2) is 9.30. The summed E-state index contributed by atoms with van der Waals surface area (Å²) in [6, 6.07) is 8.89. The number of carbonyl (C=O) groups is 1. The Kier molecular flexibility index (Phi) is 6.45. The van der Waals surface area contributed by atoms with E-state index in [1.165, 1.54) is 0 Å². The van der Waals surface area contributed by atoms with Crippen LogP contribution in [0.4, 0.5) is 0 Å². The second-order valence-electron chi connectivity index (χ2n) is 8.65. The van der Waals surface area contributed by atoms with Gasteiger partial charge in [-0.3, -0.25) is 9.59 Å². The van der Waals surface area contributed by atoms with Crippen molar-refractivity contribution in [1.82, 2.24) is 4.90 Å². The molecule has 1 aliphatic rings. The third-order valence-corrected chi connectivity index (χ3v) is 6.12. The molecule has 0 saturated heterocycles. The van der Waals surface area contributed by atoms with E-state index in [1.54, 1.807) is 12.0 Å². The van der Waals surface area contributed by atoms with Crippen molar-refractivity contribution in [3.63, 3.8) is 0 Å². The molecule has 174 valence electrons. The van der Waals surface area contributed by atoms with Crippen molar-refractivity contribution in [2.75, 3.05) is 20.3 Å². The Morgan fingerprint density at radius 3 is 2.52 bits per heavy atom. The molecule has 0 bridgehead atoms. The lowest BCUT2D eigenvalue weighted by molar-refractivity contribution is 0.0728. The Morgan fingerprint density at radius 1 is 1.03 bits per heavy atom. The van der Waals surface area contributed by atoms with E-state index in [1.807, 2.05) is 51.1 Å². The van der Waals surface area contributed by atoms with Gasteiger partial charge in [-0.15, -0.1) is 0 Å². The van der Waals surface area contributed by atoms with E-state index in [0.29, 0.717) is 41.2 Å². The van der Waals surface area contributed by atoms with Crippen LogP contribution in [-0.4, -0.2) is 31.1 Å². The monoisotopic (exact) mass is 449 g/mol. The van der Waals surface area contributed by atoms with Gasteiger partial charge in [0.2, 0.25) is 5.76 Å². The summed E-state index contributed by atoms with van der Waals surface area (Å²) in [7, 11) is 1.59. The van der Waals surface area contributed by atoms with Gasteiger partial charge in [0.05, 0.1) is 30.7 Å². The fourth-order valence-electron chi connectivity index (χ4n) is 4.59. The molecule has 1 aliphatic heterocycles. The van der Waals surface area contributed by atoms with Crippen molar-refractivity contribution in [1.29, 1.82) is 0 Å². The fraction of sp³-hybridized carbons (Fsp3) is 0.407. The molecule has 0 saturated carbocycles. The Balaban J connectivity index is 1.89. The minimum absolute atomic E-state index is 0.139. The maximum atomic E-state index is 13.7. The zero-order valence-electron chi connectivity index (χ0n) is 20.0. The van der Waals surface area contributed by atoms with E-state index < -0.39 is 6.04 Å². The van der Waals surface area contributed by atoms with Gasteiger partial charge >= 0.3 is 0 Å². The van der Waals surface area contributed by atoms with Crippen LogP contribution < -0.4 is 14.9 Å². The normalized spacial score (nSPS) is 15.2. The Labute approximate surface area is 194 Å².